The van der Waals surface area contributed by atoms with Crippen LogP contribution in [-0.2, 0) is 6.54 Å². The standard InChI is InChI=1S/C15H14BrClN2O/c1-20-15-7-4-13(16)8-12(15)10-19-18-9-11-2-5-14(17)6-3-11/h2-8,10,18H,9H2,1H3/b19-10-. The Kier molecular flexibility index (Phi) is 5.44. The van der Waals surface area contributed by atoms with Gasteiger partial charge in [0, 0.05) is 15.1 Å². The van der Waals surface area contributed by atoms with Crippen LogP contribution < -0.4 is 10.2 Å². The lowest BCUT2D eigenvalue weighted by atomic mass is 10.2. The summed E-state index contributed by atoms with van der Waals surface area (Å²) in [5.74, 6) is 0.783. The number of ether oxygens (including phenoxy) is 1. The highest BCUT2D eigenvalue weighted by Gasteiger charge is 2.00. The number of nitrogens with one attached hydrogen (secondary N) is 1. The molecular formula is C15H14BrClN2O. The molecule has 20 heavy (non-hydrogen) atoms. The van der Waals surface area contributed by atoms with E-state index < -0.39 is 0 Å². The van der Waals surface area contributed by atoms with E-state index in [9.17, 15) is 0 Å². The van der Waals surface area contributed by atoms with Crippen molar-refractivity contribution in [3.05, 3.63) is 63.1 Å². The fourth-order valence-corrected chi connectivity index (χ4v) is 2.17. The fourth-order valence-electron chi connectivity index (χ4n) is 1.66. The quantitative estimate of drug-likeness (QED) is 0.644. The lowest BCUT2D eigenvalue weighted by Gasteiger charge is -2.05. The maximum atomic E-state index is 5.83. The summed E-state index contributed by atoms with van der Waals surface area (Å²) in [7, 11) is 1.64. The zero-order chi connectivity index (χ0) is 14.4. The number of methoxy groups -OCH3 is 1. The molecule has 104 valence electrons. The van der Waals surface area contributed by atoms with Crippen LogP contribution in [0.25, 0.3) is 0 Å². The van der Waals surface area contributed by atoms with Crippen LogP contribution in [0.2, 0.25) is 5.02 Å². The first-order valence-corrected chi connectivity index (χ1v) is 7.20. The molecule has 3 nitrogen and oxygen atoms in total. The van der Waals surface area contributed by atoms with Crippen LogP contribution in [-0.4, -0.2) is 13.3 Å². The predicted octanol–water partition coefficient (Wildman–Crippen LogP) is 4.23. The number of hydrogen-bond donors (Lipinski definition) is 1. The molecule has 0 heterocycles. The van der Waals surface area contributed by atoms with Gasteiger partial charge in [0.1, 0.15) is 5.75 Å². The van der Waals surface area contributed by atoms with Gasteiger partial charge in [0.05, 0.1) is 19.9 Å². The minimum absolute atomic E-state index is 0.643. The van der Waals surface area contributed by atoms with Gasteiger partial charge in [0.15, 0.2) is 0 Å². The summed E-state index contributed by atoms with van der Waals surface area (Å²) in [5.41, 5.74) is 5.02. The Morgan fingerprint density at radius 1 is 1.25 bits per heavy atom. The molecule has 5 heteroatoms. The minimum atomic E-state index is 0.643. The number of rotatable bonds is 5. The van der Waals surface area contributed by atoms with Crippen LogP contribution in [0.1, 0.15) is 11.1 Å². The van der Waals surface area contributed by atoms with Crippen molar-refractivity contribution in [2.45, 2.75) is 6.54 Å². The van der Waals surface area contributed by atoms with Crippen molar-refractivity contribution >= 4 is 33.7 Å². The average Bonchev–Trinajstić information content (AvgIpc) is 2.46. The number of hydrazone groups is 1. The molecule has 0 fully saturated rings. The summed E-state index contributed by atoms with van der Waals surface area (Å²) in [6.07, 6.45) is 1.74. The Bertz CT molecular complexity index is 599. The first-order chi connectivity index (χ1) is 9.69. The predicted molar refractivity (Wildman–Crippen MR) is 86.6 cm³/mol. The molecule has 0 radical (unpaired) electrons. The summed E-state index contributed by atoms with van der Waals surface area (Å²) >= 11 is 9.26. The van der Waals surface area contributed by atoms with Crippen LogP contribution in [0.5, 0.6) is 5.75 Å². The Balaban J connectivity index is 1.96. The SMILES string of the molecule is COc1ccc(Br)cc1/C=N\NCc1ccc(Cl)cc1. The monoisotopic (exact) mass is 352 g/mol. The molecule has 2 aromatic carbocycles. The number of benzene rings is 2. The van der Waals surface area contributed by atoms with Crippen LogP contribution in [0.4, 0.5) is 0 Å². The van der Waals surface area contributed by atoms with E-state index in [4.69, 9.17) is 16.3 Å². The molecule has 0 saturated carbocycles. The second kappa shape index (κ2) is 7.31. The van der Waals surface area contributed by atoms with Gasteiger partial charge in [-0.3, -0.25) is 0 Å². The number of hydrogen-bond acceptors (Lipinski definition) is 3. The molecule has 0 aliphatic heterocycles. The first-order valence-electron chi connectivity index (χ1n) is 6.03. The van der Waals surface area contributed by atoms with E-state index >= 15 is 0 Å². The third-order valence-corrected chi connectivity index (χ3v) is 3.43. The molecule has 1 N–H and O–H groups in total. The van der Waals surface area contributed by atoms with E-state index in [1.807, 2.05) is 42.5 Å². The third kappa shape index (κ3) is 4.25. The summed E-state index contributed by atoms with van der Waals surface area (Å²) < 4.78 is 6.26. The maximum absolute atomic E-state index is 5.83. The molecule has 0 aliphatic carbocycles. The Labute approximate surface area is 131 Å². The highest BCUT2D eigenvalue weighted by molar-refractivity contribution is 9.10. The summed E-state index contributed by atoms with van der Waals surface area (Å²) in [4.78, 5) is 0. The number of nitrogens with zero attached hydrogens (tertiary/aromatic N) is 1. The smallest absolute Gasteiger partial charge is 0.127 e. The van der Waals surface area contributed by atoms with E-state index in [1.165, 1.54) is 0 Å². The zero-order valence-electron chi connectivity index (χ0n) is 10.9. The topological polar surface area (TPSA) is 33.6 Å². The molecular weight excluding hydrogens is 340 g/mol. The normalized spacial score (nSPS) is 10.8. The Morgan fingerprint density at radius 2 is 2.00 bits per heavy atom. The summed E-state index contributed by atoms with van der Waals surface area (Å²) in [6.45, 7) is 0.643. The second-order valence-corrected chi connectivity index (χ2v) is 5.46. The highest BCUT2D eigenvalue weighted by Crippen LogP contribution is 2.21. The Hall–Kier alpha value is -1.52. The van der Waals surface area contributed by atoms with Gasteiger partial charge in [-0.1, -0.05) is 39.7 Å². The lowest BCUT2D eigenvalue weighted by molar-refractivity contribution is 0.414. The molecule has 0 bridgehead atoms. The van der Waals surface area contributed by atoms with E-state index in [-0.39, 0.29) is 0 Å². The van der Waals surface area contributed by atoms with E-state index in [1.54, 1.807) is 13.3 Å². The van der Waals surface area contributed by atoms with Gasteiger partial charge >= 0.3 is 0 Å². The molecule has 0 amide bonds. The molecule has 2 aromatic rings. The van der Waals surface area contributed by atoms with Gasteiger partial charge in [-0.25, -0.2) is 0 Å². The van der Waals surface area contributed by atoms with E-state index in [0.717, 1.165) is 26.4 Å². The van der Waals surface area contributed by atoms with E-state index in [0.29, 0.717) is 6.54 Å². The minimum Gasteiger partial charge on any atom is -0.496 e. The fraction of sp³-hybridized carbons (Fsp3) is 0.133. The van der Waals surface area contributed by atoms with Gasteiger partial charge < -0.3 is 10.2 Å². The van der Waals surface area contributed by atoms with Crippen molar-refractivity contribution in [3.63, 3.8) is 0 Å². The average molecular weight is 354 g/mol. The van der Waals surface area contributed by atoms with Crippen molar-refractivity contribution < 1.29 is 4.74 Å². The number of halogens is 2. The summed E-state index contributed by atoms with van der Waals surface area (Å²) in [5, 5.41) is 4.93. The van der Waals surface area contributed by atoms with Crippen LogP contribution in [0.3, 0.4) is 0 Å². The van der Waals surface area contributed by atoms with Crippen molar-refractivity contribution in [1.29, 1.82) is 0 Å². The van der Waals surface area contributed by atoms with Crippen LogP contribution in [0.15, 0.2) is 52.0 Å². The Morgan fingerprint density at radius 3 is 2.70 bits per heavy atom. The molecule has 0 spiro atoms. The molecule has 0 atom stereocenters. The van der Waals surface area contributed by atoms with Gasteiger partial charge in [-0.2, -0.15) is 5.10 Å². The lowest BCUT2D eigenvalue weighted by Crippen LogP contribution is -2.05. The maximum Gasteiger partial charge on any atom is 0.127 e. The first kappa shape index (κ1) is 14.9. The third-order valence-electron chi connectivity index (χ3n) is 2.68. The van der Waals surface area contributed by atoms with Crippen molar-refractivity contribution in [1.82, 2.24) is 5.43 Å². The summed E-state index contributed by atoms with van der Waals surface area (Å²) in [6, 6.07) is 13.4. The molecule has 0 saturated heterocycles. The van der Waals surface area contributed by atoms with Gasteiger partial charge in [-0.15, -0.1) is 0 Å². The molecule has 0 unspecified atom stereocenters. The van der Waals surface area contributed by atoms with Crippen molar-refractivity contribution in [2.24, 2.45) is 5.10 Å². The largest absolute Gasteiger partial charge is 0.496 e. The van der Waals surface area contributed by atoms with Gasteiger partial charge in [0.2, 0.25) is 0 Å². The zero-order valence-corrected chi connectivity index (χ0v) is 13.3. The second-order valence-electron chi connectivity index (χ2n) is 4.11. The van der Waals surface area contributed by atoms with Gasteiger partial charge in [-0.05, 0) is 35.9 Å². The molecule has 0 aromatic heterocycles. The van der Waals surface area contributed by atoms with Crippen LogP contribution in [0, 0.1) is 0 Å². The molecule has 2 rings (SSSR count). The van der Waals surface area contributed by atoms with Crippen molar-refractivity contribution in [2.75, 3.05) is 7.11 Å². The van der Waals surface area contributed by atoms with Crippen molar-refractivity contribution in [3.8, 4) is 5.75 Å². The van der Waals surface area contributed by atoms with Crippen LogP contribution >= 0.6 is 27.5 Å². The van der Waals surface area contributed by atoms with E-state index in [2.05, 4.69) is 26.5 Å². The molecule has 0 aliphatic rings. The van der Waals surface area contributed by atoms with Gasteiger partial charge in [0.25, 0.3) is 0 Å². The highest BCUT2D eigenvalue weighted by atomic mass is 79.9.